The number of anilines is 1. The van der Waals surface area contributed by atoms with Crippen LogP contribution in [-0.4, -0.2) is 25.5 Å². The second-order valence-corrected chi connectivity index (χ2v) is 12.3. The average Bonchev–Trinajstić information content (AvgIpc) is 3.05. The fraction of sp³-hybridized carbons (Fsp3) is 0.366. The van der Waals surface area contributed by atoms with Crippen molar-refractivity contribution in [1.82, 2.24) is 15.5 Å². The second-order valence-electron chi connectivity index (χ2n) is 12.3. The van der Waals surface area contributed by atoms with Gasteiger partial charge in [-0.2, -0.15) is 0 Å². The van der Waals surface area contributed by atoms with Crippen molar-refractivity contribution in [3.8, 4) is 11.5 Å². The standard InChI is InChI=1S/C39H52N4O.C2H6/c1-12-28(5)40-26-30(13-2)36(24-27(4)39(7,8)9)42-38(14-3)41-35-22-23-37(34-21-16-15-20-33(34)35)44-32-19-17-18-31(25-32)29(6)43(10)11;1-2/h14-25,40-42H,5-6,12-13,26H2,1-4,7-11H3;1-2H3/b27-24+,36-30+,38-14-;. The fourth-order valence-electron chi connectivity index (χ4n) is 4.49. The molecule has 5 heteroatoms. The second kappa shape index (κ2) is 17.9. The average molecular weight is 623 g/mol. The van der Waals surface area contributed by atoms with Crippen molar-refractivity contribution in [1.29, 1.82) is 0 Å². The molecule has 0 radical (unpaired) electrons. The molecule has 3 aromatic carbocycles. The van der Waals surface area contributed by atoms with E-state index >= 15 is 0 Å². The Labute approximate surface area is 279 Å². The monoisotopic (exact) mass is 622 g/mol. The normalized spacial score (nSPS) is 12.4. The molecule has 248 valence electrons. The van der Waals surface area contributed by atoms with Gasteiger partial charge in [-0.05, 0) is 74.1 Å². The summed E-state index contributed by atoms with van der Waals surface area (Å²) in [6, 6.07) is 20.5. The Morgan fingerprint density at radius 1 is 0.913 bits per heavy atom. The molecule has 0 aliphatic heterocycles. The highest BCUT2D eigenvalue weighted by Crippen LogP contribution is 2.36. The van der Waals surface area contributed by atoms with E-state index < -0.39 is 0 Å². The van der Waals surface area contributed by atoms with Crippen LogP contribution in [-0.2, 0) is 0 Å². The summed E-state index contributed by atoms with van der Waals surface area (Å²) in [5, 5.41) is 13.0. The third kappa shape index (κ3) is 10.6. The lowest BCUT2D eigenvalue weighted by Crippen LogP contribution is -2.24. The molecule has 0 saturated carbocycles. The van der Waals surface area contributed by atoms with Crippen LogP contribution in [0.25, 0.3) is 16.5 Å². The third-order valence-corrected chi connectivity index (χ3v) is 7.98. The van der Waals surface area contributed by atoms with Gasteiger partial charge in [-0.15, -0.1) is 0 Å². The molecular weight excluding hydrogens is 564 g/mol. The molecule has 0 heterocycles. The lowest BCUT2D eigenvalue weighted by atomic mass is 9.86. The van der Waals surface area contributed by atoms with Gasteiger partial charge in [0.2, 0.25) is 0 Å². The molecule has 0 atom stereocenters. The van der Waals surface area contributed by atoms with Crippen LogP contribution < -0.4 is 20.7 Å². The van der Waals surface area contributed by atoms with Crippen LogP contribution >= 0.6 is 0 Å². The first kappa shape index (κ1) is 37.8. The van der Waals surface area contributed by atoms with Crippen molar-refractivity contribution in [2.75, 3.05) is 26.0 Å². The number of rotatable bonds is 14. The third-order valence-electron chi connectivity index (χ3n) is 7.98. The van der Waals surface area contributed by atoms with Gasteiger partial charge in [-0.3, -0.25) is 0 Å². The van der Waals surface area contributed by atoms with Crippen molar-refractivity contribution in [2.45, 2.75) is 75.2 Å². The van der Waals surface area contributed by atoms with Crippen LogP contribution in [0, 0.1) is 5.41 Å². The molecular formula is C41H58N4O. The van der Waals surface area contributed by atoms with E-state index in [1.807, 2.05) is 76.2 Å². The van der Waals surface area contributed by atoms with Crippen molar-refractivity contribution in [3.63, 3.8) is 0 Å². The van der Waals surface area contributed by atoms with Crippen LogP contribution in [0.15, 0.2) is 114 Å². The molecule has 0 bridgehead atoms. The Bertz CT molecular complexity index is 1570. The van der Waals surface area contributed by atoms with Gasteiger partial charge < -0.3 is 25.6 Å². The molecule has 46 heavy (non-hydrogen) atoms. The van der Waals surface area contributed by atoms with Gasteiger partial charge in [0, 0.05) is 59.8 Å². The van der Waals surface area contributed by atoms with Crippen LogP contribution in [0.4, 0.5) is 5.69 Å². The molecule has 0 unspecified atom stereocenters. The molecule has 5 nitrogen and oxygen atoms in total. The predicted molar refractivity (Wildman–Crippen MR) is 203 cm³/mol. The smallest absolute Gasteiger partial charge is 0.135 e. The SMILES string of the molecule is C=C(CC)NC/C(CC)=C(\C=C(/C)C(C)(C)C)N/C(=C\C)Nc1ccc(Oc2cccc(C(=C)N(C)C)c2)c2ccccc12.CC. The van der Waals surface area contributed by atoms with Gasteiger partial charge in [-0.1, -0.05) is 104 Å². The molecule has 0 aromatic heterocycles. The van der Waals surface area contributed by atoms with Gasteiger partial charge in [0.25, 0.3) is 0 Å². The van der Waals surface area contributed by atoms with Crippen molar-refractivity contribution < 1.29 is 4.74 Å². The number of hydrogen-bond donors (Lipinski definition) is 3. The maximum Gasteiger partial charge on any atom is 0.135 e. The van der Waals surface area contributed by atoms with Gasteiger partial charge in [-0.25, -0.2) is 0 Å². The maximum atomic E-state index is 6.44. The summed E-state index contributed by atoms with van der Waals surface area (Å²) in [7, 11) is 3.99. The topological polar surface area (TPSA) is 48.6 Å². The number of fused-ring (bicyclic) bond motifs is 1. The summed E-state index contributed by atoms with van der Waals surface area (Å²) in [5.74, 6) is 2.48. The molecule has 0 spiro atoms. The molecule has 3 aromatic rings. The van der Waals surface area contributed by atoms with Crippen LogP contribution in [0.5, 0.6) is 11.5 Å². The summed E-state index contributed by atoms with van der Waals surface area (Å²) >= 11 is 0. The highest BCUT2D eigenvalue weighted by Gasteiger charge is 2.16. The Balaban J connectivity index is 0.00000361. The Morgan fingerprint density at radius 3 is 2.17 bits per heavy atom. The maximum absolute atomic E-state index is 6.44. The molecule has 0 aliphatic rings. The van der Waals surface area contributed by atoms with Gasteiger partial charge >= 0.3 is 0 Å². The highest BCUT2D eigenvalue weighted by atomic mass is 16.5. The minimum Gasteiger partial charge on any atom is -0.457 e. The zero-order chi connectivity index (χ0) is 34.4. The Kier molecular flexibility index (Phi) is 14.7. The Hall–Kier alpha value is -4.38. The zero-order valence-electron chi connectivity index (χ0n) is 30.3. The van der Waals surface area contributed by atoms with Gasteiger partial charge in [0.15, 0.2) is 0 Å². The Morgan fingerprint density at radius 2 is 1.59 bits per heavy atom. The highest BCUT2D eigenvalue weighted by molar-refractivity contribution is 5.98. The van der Waals surface area contributed by atoms with Crippen molar-refractivity contribution in [3.05, 3.63) is 120 Å². The van der Waals surface area contributed by atoms with E-state index in [4.69, 9.17) is 4.74 Å². The minimum absolute atomic E-state index is 0.0565. The first-order valence-corrected chi connectivity index (χ1v) is 16.6. The lowest BCUT2D eigenvalue weighted by Gasteiger charge is -2.24. The molecule has 0 aliphatic carbocycles. The van der Waals surface area contributed by atoms with E-state index in [-0.39, 0.29) is 5.41 Å². The summed E-state index contributed by atoms with van der Waals surface area (Å²) in [6.07, 6.45) is 6.18. The van der Waals surface area contributed by atoms with E-state index in [9.17, 15) is 0 Å². The van der Waals surface area contributed by atoms with E-state index in [0.717, 1.165) is 75.8 Å². The molecule has 3 N–H and O–H groups in total. The fourth-order valence-corrected chi connectivity index (χ4v) is 4.49. The predicted octanol–water partition coefficient (Wildman–Crippen LogP) is 11.2. The number of allylic oxidation sites excluding steroid dienone is 4. The van der Waals surface area contributed by atoms with E-state index in [1.165, 1.54) is 11.1 Å². The molecule has 0 fully saturated rings. The first-order valence-electron chi connectivity index (χ1n) is 16.6. The number of nitrogens with zero attached hydrogens (tertiary/aromatic N) is 1. The van der Waals surface area contributed by atoms with E-state index in [0.29, 0.717) is 0 Å². The van der Waals surface area contributed by atoms with Crippen LogP contribution in [0.3, 0.4) is 0 Å². The number of ether oxygens (including phenoxy) is 1. The van der Waals surface area contributed by atoms with Gasteiger partial charge in [0.1, 0.15) is 17.3 Å². The minimum atomic E-state index is 0.0565. The van der Waals surface area contributed by atoms with Crippen LogP contribution in [0.2, 0.25) is 0 Å². The van der Waals surface area contributed by atoms with Crippen molar-refractivity contribution in [2.24, 2.45) is 5.41 Å². The summed E-state index contributed by atoms with van der Waals surface area (Å²) in [4.78, 5) is 2.00. The summed E-state index contributed by atoms with van der Waals surface area (Å²) in [6.45, 7) is 28.4. The lowest BCUT2D eigenvalue weighted by molar-refractivity contribution is 0.488. The summed E-state index contributed by atoms with van der Waals surface area (Å²) < 4.78 is 6.44. The molecule has 3 rings (SSSR count). The number of benzene rings is 3. The number of nitrogens with one attached hydrogen (secondary N) is 3. The van der Waals surface area contributed by atoms with Crippen molar-refractivity contribution >= 4 is 22.2 Å². The summed E-state index contributed by atoms with van der Waals surface area (Å²) in [5.41, 5.74) is 7.75. The van der Waals surface area contributed by atoms with E-state index in [1.54, 1.807) is 0 Å². The van der Waals surface area contributed by atoms with Crippen LogP contribution in [0.1, 0.15) is 80.7 Å². The van der Waals surface area contributed by atoms with Gasteiger partial charge in [0.05, 0.1) is 0 Å². The molecule has 0 amide bonds. The zero-order valence-corrected chi connectivity index (χ0v) is 30.3. The first-order chi connectivity index (χ1) is 21.9. The number of hydrogen-bond acceptors (Lipinski definition) is 5. The van der Waals surface area contributed by atoms with E-state index in [2.05, 4.69) is 107 Å². The molecule has 0 saturated heterocycles. The quantitative estimate of drug-likeness (QED) is 0.156. The largest absolute Gasteiger partial charge is 0.457 e.